The van der Waals surface area contributed by atoms with Gasteiger partial charge >= 0.3 is 0 Å². The van der Waals surface area contributed by atoms with Gasteiger partial charge in [-0.2, -0.15) is 8.42 Å². The molecule has 0 saturated carbocycles. The third-order valence-corrected chi connectivity index (χ3v) is 3.06. The van der Waals surface area contributed by atoms with Crippen LogP contribution in [0, 0.1) is 0 Å². The van der Waals surface area contributed by atoms with Crippen LogP contribution in [0.4, 0.5) is 0 Å². The van der Waals surface area contributed by atoms with Crippen molar-refractivity contribution in [3.05, 3.63) is 23.8 Å². The van der Waals surface area contributed by atoms with Crippen LogP contribution in [0.5, 0.6) is 0 Å². The van der Waals surface area contributed by atoms with Crippen LogP contribution in [-0.4, -0.2) is 17.6 Å². The summed E-state index contributed by atoms with van der Waals surface area (Å²) in [5.41, 5.74) is 1.11. The fraction of sp³-hybridized carbons (Fsp3) is 0.444. The Morgan fingerprint density at radius 3 is 2.31 bits per heavy atom. The highest BCUT2D eigenvalue weighted by Gasteiger charge is 2.18. The molecule has 0 N–H and O–H groups in total. The Morgan fingerprint density at radius 1 is 1.38 bits per heavy atom. The molecular weight excluding hydrogens is 252 g/mol. The van der Waals surface area contributed by atoms with Crippen LogP contribution in [0.2, 0.25) is 0 Å². The molecule has 2 nitrogen and oxygen atoms in total. The smallest absolute Gasteiger partial charge is 0.184 e. The quantitative estimate of drug-likeness (QED) is 0.536. The topological polar surface area (TPSA) is 34.1 Å². The van der Waals surface area contributed by atoms with Gasteiger partial charge in [0.2, 0.25) is 10.3 Å². The summed E-state index contributed by atoms with van der Waals surface area (Å²) in [4.78, 5) is 0.445. The molecule has 4 heteroatoms. The van der Waals surface area contributed by atoms with E-state index in [-0.39, 0.29) is 4.32 Å². The average Bonchev–Trinajstić information content (AvgIpc) is 2.03. The van der Waals surface area contributed by atoms with Crippen LogP contribution in [0.1, 0.15) is 20.3 Å². The molecule has 0 aliphatic heterocycles. The van der Waals surface area contributed by atoms with E-state index in [1.165, 1.54) is 0 Å². The number of hydrogen-bond donors (Lipinski definition) is 0. The van der Waals surface area contributed by atoms with Crippen molar-refractivity contribution in [3.63, 3.8) is 0 Å². The fourth-order valence-corrected chi connectivity index (χ4v) is 1.79. The minimum absolute atomic E-state index is 0.0839. The molecule has 0 saturated heterocycles. The summed E-state index contributed by atoms with van der Waals surface area (Å²) in [6, 6.07) is 0. The van der Waals surface area contributed by atoms with Gasteiger partial charge in [0.15, 0.2) is 0 Å². The van der Waals surface area contributed by atoms with Crippen molar-refractivity contribution in [3.8, 4) is 0 Å². The van der Waals surface area contributed by atoms with Gasteiger partial charge in [-0.25, -0.2) is 0 Å². The molecule has 0 atom stereocenters. The van der Waals surface area contributed by atoms with Gasteiger partial charge in [-0.05, 0) is 25.5 Å². The summed E-state index contributed by atoms with van der Waals surface area (Å²) in [7, 11) is -2.07. The zero-order valence-electron chi connectivity index (χ0n) is 7.54. The number of halogens is 1. The summed E-state index contributed by atoms with van der Waals surface area (Å²) < 4.78 is 21.1. The highest BCUT2D eigenvalue weighted by atomic mass is 79.9. The van der Waals surface area contributed by atoms with E-state index in [4.69, 9.17) is 0 Å². The van der Waals surface area contributed by atoms with E-state index in [2.05, 4.69) is 15.9 Å². The van der Waals surface area contributed by atoms with Gasteiger partial charge in [0.1, 0.15) is 0 Å². The third-order valence-electron chi connectivity index (χ3n) is 1.87. The average molecular weight is 263 g/mol. The molecular formula is C9H11BrO2S. The zero-order valence-corrected chi connectivity index (χ0v) is 9.94. The van der Waals surface area contributed by atoms with Crippen molar-refractivity contribution in [2.45, 2.75) is 24.6 Å². The minimum Gasteiger partial charge on any atom is -0.184 e. The van der Waals surface area contributed by atoms with E-state index in [1.54, 1.807) is 6.08 Å². The second-order valence-electron chi connectivity index (χ2n) is 3.37. The number of alkyl halides is 1. The second kappa shape index (κ2) is 3.80. The van der Waals surface area contributed by atoms with Crippen LogP contribution in [0.15, 0.2) is 23.8 Å². The van der Waals surface area contributed by atoms with E-state index >= 15 is 0 Å². The van der Waals surface area contributed by atoms with Crippen LogP contribution in [0.25, 0.3) is 0 Å². The van der Waals surface area contributed by atoms with Gasteiger partial charge in [0.05, 0.1) is 4.86 Å². The van der Waals surface area contributed by atoms with Crippen LogP contribution >= 0.6 is 15.9 Å². The lowest BCUT2D eigenvalue weighted by molar-refractivity contribution is 0.627. The van der Waals surface area contributed by atoms with E-state index < -0.39 is 10.3 Å². The highest BCUT2D eigenvalue weighted by Crippen LogP contribution is 2.29. The molecule has 0 unspecified atom stereocenters. The third kappa shape index (κ3) is 2.81. The number of hydrogen-bond acceptors (Lipinski definition) is 2. The molecule has 1 rings (SSSR count). The maximum absolute atomic E-state index is 10.6. The highest BCUT2D eigenvalue weighted by molar-refractivity contribution is 9.10. The molecule has 0 radical (unpaired) electrons. The Bertz CT molecular complexity index is 386. The molecule has 0 bridgehead atoms. The number of allylic oxidation sites excluding steroid dienone is 4. The Kier molecular flexibility index (Phi) is 3.14. The van der Waals surface area contributed by atoms with Gasteiger partial charge < -0.3 is 0 Å². The molecule has 13 heavy (non-hydrogen) atoms. The van der Waals surface area contributed by atoms with Crippen molar-refractivity contribution in [1.82, 2.24) is 0 Å². The Balaban J connectivity index is 2.96. The Hall–Kier alpha value is -0.350. The maximum Gasteiger partial charge on any atom is 0.217 e. The molecule has 72 valence electrons. The Morgan fingerprint density at radius 2 is 2.00 bits per heavy atom. The molecule has 0 heterocycles. The first-order chi connectivity index (χ1) is 5.91. The lowest BCUT2D eigenvalue weighted by Crippen LogP contribution is -2.14. The predicted molar refractivity (Wildman–Crippen MR) is 58.8 cm³/mol. The van der Waals surface area contributed by atoms with Crippen LogP contribution < -0.4 is 0 Å². The molecule has 0 spiro atoms. The molecule has 0 amide bonds. The molecule has 1 aliphatic rings. The first-order valence-corrected chi connectivity index (χ1v) is 5.81. The van der Waals surface area contributed by atoms with E-state index in [9.17, 15) is 8.42 Å². The molecule has 0 aromatic carbocycles. The normalized spacial score (nSPS) is 17.2. The first-order valence-electron chi connectivity index (χ1n) is 3.94. The molecule has 1 aliphatic carbocycles. The van der Waals surface area contributed by atoms with Crippen molar-refractivity contribution in [2.75, 3.05) is 0 Å². The van der Waals surface area contributed by atoms with Gasteiger partial charge in [-0.3, -0.25) is 0 Å². The van der Waals surface area contributed by atoms with Gasteiger partial charge in [-0.15, -0.1) is 0 Å². The predicted octanol–water partition coefficient (Wildman–Crippen LogP) is 2.10. The van der Waals surface area contributed by atoms with Crippen molar-refractivity contribution >= 4 is 31.1 Å². The maximum atomic E-state index is 10.6. The summed E-state index contributed by atoms with van der Waals surface area (Å²) in [6.45, 7) is 4.06. The second-order valence-corrected chi connectivity index (χ2v) is 6.35. The summed E-state index contributed by atoms with van der Waals surface area (Å²) >= 11 is 3.51. The summed E-state index contributed by atoms with van der Waals surface area (Å²) in [5.74, 6) is 0. The fourth-order valence-electron chi connectivity index (χ4n) is 1.09. The zero-order chi connectivity index (χ0) is 10.1. The minimum atomic E-state index is -2.07. The van der Waals surface area contributed by atoms with Crippen molar-refractivity contribution in [1.29, 1.82) is 0 Å². The van der Waals surface area contributed by atoms with Gasteiger partial charge in [0.25, 0.3) is 0 Å². The van der Waals surface area contributed by atoms with Crippen LogP contribution in [-0.2, 0) is 10.3 Å². The standard InChI is InChI=1S/C9H11BrO2S/c1-9(2,10)7-3-5-8(6-4-7)13(11)12/h3-5H,6H2,1-2H3. The van der Waals surface area contributed by atoms with Crippen LogP contribution in [0.3, 0.4) is 0 Å². The lowest BCUT2D eigenvalue weighted by atomic mass is 9.97. The summed E-state index contributed by atoms with van der Waals surface area (Å²) in [6.07, 6.45) is 5.92. The lowest BCUT2D eigenvalue weighted by Gasteiger charge is -2.20. The van der Waals surface area contributed by atoms with Crippen molar-refractivity contribution < 1.29 is 8.42 Å². The summed E-state index contributed by atoms with van der Waals surface area (Å²) in [5, 5.41) is 0. The van der Waals surface area contributed by atoms with E-state index in [1.807, 2.05) is 26.0 Å². The van der Waals surface area contributed by atoms with Crippen molar-refractivity contribution in [2.24, 2.45) is 0 Å². The van der Waals surface area contributed by atoms with E-state index in [0.29, 0.717) is 11.3 Å². The molecule has 0 fully saturated rings. The van der Waals surface area contributed by atoms with Gasteiger partial charge in [0, 0.05) is 10.7 Å². The largest absolute Gasteiger partial charge is 0.217 e. The van der Waals surface area contributed by atoms with E-state index in [0.717, 1.165) is 5.57 Å². The molecule has 0 aromatic heterocycles. The molecule has 0 aromatic rings. The first kappa shape index (κ1) is 10.7. The monoisotopic (exact) mass is 262 g/mol. The SMILES string of the molecule is CC(C)(Br)C1=CCC(=S(=O)=O)C=C1. The van der Waals surface area contributed by atoms with Gasteiger partial charge in [-0.1, -0.05) is 28.1 Å². The number of rotatable bonds is 1. The Labute approximate surface area is 88.0 Å².